The summed E-state index contributed by atoms with van der Waals surface area (Å²) >= 11 is 0. The number of rotatable bonds is 5. The number of aromatic nitrogens is 4. The normalized spacial score (nSPS) is 16.5. The van der Waals surface area contributed by atoms with Gasteiger partial charge in [-0.25, -0.2) is 4.98 Å². The maximum absolute atomic E-state index is 5.27. The summed E-state index contributed by atoms with van der Waals surface area (Å²) in [5.41, 5.74) is 12.9. The van der Waals surface area contributed by atoms with Crippen LogP contribution in [0.2, 0.25) is 0 Å². The molecule has 6 heterocycles. The molecule has 0 atom stereocenters. The summed E-state index contributed by atoms with van der Waals surface area (Å²) in [4.78, 5) is 23.3. The second-order valence-corrected chi connectivity index (χ2v) is 10.9. The highest BCUT2D eigenvalue weighted by Crippen LogP contribution is 2.36. The van der Waals surface area contributed by atoms with Crippen molar-refractivity contribution in [2.24, 2.45) is 0 Å². The van der Waals surface area contributed by atoms with Crippen molar-refractivity contribution in [1.29, 1.82) is 0 Å². The Hall–Kier alpha value is -3.29. The average molecular weight is 496 g/mol. The highest BCUT2D eigenvalue weighted by atomic mass is 15.2. The van der Waals surface area contributed by atoms with E-state index < -0.39 is 0 Å². The zero-order chi connectivity index (χ0) is 25.5. The van der Waals surface area contributed by atoms with E-state index in [2.05, 4.69) is 83.1 Å². The highest BCUT2D eigenvalue weighted by Gasteiger charge is 2.23. The molecule has 1 fully saturated rings. The van der Waals surface area contributed by atoms with Gasteiger partial charge < -0.3 is 15.2 Å². The molecule has 0 aromatic carbocycles. The quantitative estimate of drug-likeness (QED) is 0.417. The molecule has 0 amide bonds. The molecule has 0 unspecified atom stereocenters. The first-order chi connectivity index (χ1) is 17.9. The number of hydrogen-bond acceptors (Lipinski definition) is 6. The number of aryl methyl sites for hydroxylation is 2. The van der Waals surface area contributed by atoms with Crippen LogP contribution >= 0.6 is 0 Å². The van der Waals surface area contributed by atoms with Crippen LogP contribution in [0.1, 0.15) is 53.7 Å². The van der Waals surface area contributed by atoms with Gasteiger partial charge in [0.05, 0.1) is 40.0 Å². The highest BCUT2D eigenvalue weighted by molar-refractivity contribution is 5.89. The molecule has 2 aliphatic heterocycles. The summed E-state index contributed by atoms with van der Waals surface area (Å²) in [6, 6.07) is 11.1. The predicted octanol–water partition coefficient (Wildman–Crippen LogP) is 4.73. The first kappa shape index (κ1) is 24.1. The number of hydrogen-bond donors (Lipinski definition) is 2. The lowest BCUT2D eigenvalue weighted by atomic mass is 9.97. The van der Waals surface area contributed by atoms with Crippen molar-refractivity contribution in [2.45, 2.75) is 53.1 Å². The van der Waals surface area contributed by atoms with Crippen LogP contribution < -0.4 is 10.2 Å². The Balaban J connectivity index is 1.26. The Morgan fingerprint density at radius 3 is 2.46 bits per heavy atom. The molecule has 192 valence electrons. The molecule has 2 N–H and O–H groups in total. The van der Waals surface area contributed by atoms with Gasteiger partial charge in [-0.2, -0.15) is 0 Å². The van der Waals surface area contributed by atoms with E-state index >= 15 is 0 Å². The van der Waals surface area contributed by atoms with Gasteiger partial charge in [0, 0.05) is 68.3 Å². The van der Waals surface area contributed by atoms with Crippen LogP contribution in [0.25, 0.3) is 22.3 Å². The summed E-state index contributed by atoms with van der Waals surface area (Å²) in [6.07, 6.45) is 3.05. The number of fused-ring (bicyclic) bond motifs is 2. The molecule has 2 aliphatic rings. The van der Waals surface area contributed by atoms with Crippen LogP contribution in [-0.4, -0.2) is 57.6 Å². The Morgan fingerprint density at radius 2 is 1.76 bits per heavy atom. The van der Waals surface area contributed by atoms with E-state index in [-0.39, 0.29) is 0 Å². The van der Waals surface area contributed by atoms with E-state index in [1.54, 1.807) is 0 Å². The van der Waals surface area contributed by atoms with Crippen molar-refractivity contribution < 1.29 is 0 Å². The van der Waals surface area contributed by atoms with Gasteiger partial charge >= 0.3 is 0 Å². The summed E-state index contributed by atoms with van der Waals surface area (Å²) in [7, 11) is 0. The van der Waals surface area contributed by atoms with Gasteiger partial charge in [0.2, 0.25) is 0 Å². The van der Waals surface area contributed by atoms with E-state index in [0.29, 0.717) is 5.92 Å². The molecular weight excluding hydrogens is 458 g/mol. The number of piperazine rings is 1. The number of pyridine rings is 3. The molecule has 7 nitrogen and oxygen atoms in total. The molecule has 0 radical (unpaired) electrons. The van der Waals surface area contributed by atoms with Gasteiger partial charge in [-0.3, -0.25) is 14.9 Å². The molecule has 0 spiro atoms. The van der Waals surface area contributed by atoms with Gasteiger partial charge in [0.25, 0.3) is 0 Å². The van der Waals surface area contributed by atoms with Crippen LogP contribution in [0.3, 0.4) is 0 Å². The van der Waals surface area contributed by atoms with Crippen LogP contribution in [0.4, 0.5) is 5.69 Å². The zero-order valence-corrected chi connectivity index (χ0v) is 22.4. The van der Waals surface area contributed by atoms with Crippen molar-refractivity contribution in [3.63, 3.8) is 0 Å². The standard InChI is InChI=1S/C30H37N7/c1-19(2)28-29(23-13-20(3)33-21(4)14-23)34-26-15-22-7-10-36(18-27(22)35-30(26)28)17-24-5-6-25(16-32-24)37-11-8-31-9-12-37/h5-6,13-16,19,31,34H,7-12,17-18H2,1-4H3. The smallest absolute Gasteiger partial charge is 0.0924 e. The summed E-state index contributed by atoms with van der Waals surface area (Å²) in [5, 5.41) is 3.41. The summed E-state index contributed by atoms with van der Waals surface area (Å²) < 4.78 is 0. The second-order valence-electron chi connectivity index (χ2n) is 10.9. The maximum Gasteiger partial charge on any atom is 0.0924 e. The number of anilines is 1. The third-order valence-electron chi connectivity index (χ3n) is 7.67. The summed E-state index contributed by atoms with van der Waals surface area (Å²) in [5.74, 6) is 0.362. The van der Waals surface area contributed by atoms with Crippen molar-refractivity contribution in [1.82, 2.24) is 30.2 Å². The van der Waals surface area contributed by atoms with Crippen LogP contribution in [0.5, 0.6) is 0 Å². The lowest BCUT2D eigenvalue weighted by Crippen LogP contribution is -2.43. The van der Waals surface area contributed by atoms with Gasteiger partial charge in [-0.1, -0.05) is 13.8 Å². The first-order valence-corrected chi connectivity index (χ1v) is 13.6. The van der Waals surface area contributed by atoms with E-state index in [9.17, 15) is 0 Å². The number of aromatic amines is 1. The Labute approximate surface area is 219 Å². The average Bonchev–Trinajstić information content (AvgIpc) is 3.26. The van der Waals surface area contributed by atoms with E-state index in [4.69, 9.17) is 9.97 Å². The van der Waals surface area contributed by atoms with Gasteiger partial charge in [0.15, 0.2) is 0 Å². The molecular formula is C30H37N7. The Bertz CT molecular complexity index is 1390. The number of H-pyrrole nitrogens is 1. The lowest BCUT2D eigenvalue weighted by Gasteiger charge is -2.30. The molecule has 0 aliphatic carbocycles. The van der Waals surface area contributed by atoms with Gasteiger partial charge in [-0.05, 0) is 62.1 Å². The maximum atomic E-state index is 5.27. The van der Waals surface area contributed by atoms with E-state index in [0.717, 1.165) is 80.3 Å². The van der Waals surface area contributed by atoms with Crippen LogP contribution in [0.15, 0.2) is 36.5 Å². The Kier molecular flexibility index (Phi) is 6.42. The third kappa shape index (κ3) is 4.86. The second kappa shape index (κ2) is 9.88. The topological polar surface area (TPSA) is 73.0 Å². The van der Waals surface area contributed by atoms with Crippen molar-refractivity contribution >= 4 is 16.7 Å². The van der Waals surface area contributed by atoms with Crippen molar-refractivity contribution in [3.05, 3.63) is 70.4 Å². The van der Waals surface area contributed by atoms with E-state index in [1.165, 1.54) is 33.8 Å². The summed E-state index contributed by atoms with van der Waals surface area (Å²) in [6.45, 7) is 15.6. The van der Waals surface area contributed by atoms with E-state index in [1.807, 2.05) is 6.20 Å². The van der Waals surface area contributed by atoms with Gasteiger partial charge in [-0.15, -0.1) is 0 Å². The minimum absolute atomic E-state index is 0.362. The minimum Gasteiger partial charge on any atom is -0.368 e. The SMILES string of the molecule is Cc1cc(-c2[nH]c3cc4c(nc3c2C(C)C)CN(Cc2ccc(N3CCNCC3)cn2)CC4)cc(C)n1. The molecule has 4 aromatic rings. The largest absolute Gasteiger partial charge is 0.368 e. The number of nitrogens with zero attached hydrogens (tertiary/aromatic N) is 5. The van der Waals surface area contributed by atoms with Crippen molar-refractivity contribution in [2.75, 3.05) is 37.6 Å². The Morgan fingerprint density at radius 1 is 0.973 bits per heavy atom. The fourth-order valence-electron chi connectivity index (χ4n) is 5.89. The molecule has 7 heteroatoms. The molecule has 4 aromatic heterocycles. The fraction of sp³-hybridized carbons (Fsp3) is 0.433. The lowest BCUT2D eigenvalue weighted by molar-refractivity contribution is 0.239. The predicted molar refractivity (Wildman–Crippen MR) is 150 cm³/mol. The van der Waals surface area contributed by atoms with Crippen LogP contribution in [-0.2, 0) is 19.5 Å². The molecule has 0 bridgehead atoms. The molecule has 37 heavy (non-hydrogen) atoms. The van der Waals surface area contributed by atoms with Crippen LogP contribution in [0, 0.1) is 13.8 Å². The molecule has 0 saturated carbocycles. The first-order valence-electron chi connectivity index (χ1n) is 13.6. The zero-order valence-electron chi connectivity index (χ0n) is 22.4. The number of nitrogens with one attached hydrogen (secondary N) is 2. The third-order valence-corrected chi connectivity index (χ3v) is 7.67. The fourth-order valence-corrected chi connectivity index (χ4v) is 5.89. The molecule has 6 rings (SSSR count). The van der Waals surface area contributed by atoms with Gasteiger partial charge in [0.1, 0.15) is 0 Å². The van der Waals surface area contributed by atoms with Crippen molar-refractivity contribution in [3.8, 4) is 11.3 Å². The minimum atomic E-state index is 0.362. The molecule has 1 saturated heterocycles. The monoisotopic (exact) mass is 495 g/mol.